The highest BCUT2D eigenvalue weighted by atomic mass is 16.5. The zero-order chi connectivity index (χ0) is 19.6. The number of benzene rings is 2. The number of ether oxygens (including phenoxy) is 1. The molecule has 0 saturated carbocycles. The lowest BCUT2D eigenvalue weighted by Gasteiger charge is -2.14. The average molecular weight is 366 g/mol. The minimum absolute atomic E-state index is 0.0300. The van der Waals surface area contributed by atoms with Crippen molar-refractivity contribution >= 4 is 23.9 Å². The first kappa shape index (κ1) is 19.9. The van der Waals surface area contributed by atoms with Crippen LogP contribution in [0, 0.1) is 0 Å². The fraction of sp³-hybridized carbons (Fsp3) is 0.190. The molecule has 2 amide bonds. The molecular weight excluding hydrogens is 344 g/mol. The molecule has 6 nitrogen and oxygen atoms in total. The van der Waals surface area contributed by atoms with E-state index in [9.17, 15) is 14.4 Å². The summed E-state index contributed by atoms with van der Waals surface area (Å²) in [6.45, 7) is 2.69. The molecule has 0 aliphatic rings. The minimum atomic E-state index is -0.781. The molecule has 0 aliphatic carbocycles. The Morgan fingerprint density at radius 3 is 2.19 bits per heavy atom. The van der Waals surface area contributed by atoms with Gasteiger partial charge in [0, 0.05) is 6.92 Å². The van der Waals surface area contributed by atoms with Crippen LogP contribution in [0.5, 0.6) is 0 Å². The Kier molecular flexibility index (Phi) is 7.31. The van der Waals surface area contributed by atoms with Crippen molar-refractivity contribution in [1.82, 2.24) is 10.6 Å². The topological polar surface area (TPSA) is 84.5 Å². The molecule has 0 fully saturated rings. The lowest BCUT2D eigenvalue weighted by atomic mass is 10.1. The highest BCUT2D eigenvalue weighted by molar-refractivity contribution is 5.98. The summed E-state index contributed by atoms with van der Waals surface area (Å²) in [7, 11) is 0. The van der Waals surface area contributed by atoms with Crippen LogP contribution in [0.25, 0.3) is 6.08 Å². The number of amides is 2. The van der Waals surface area contributed by atoms with Crippen LogP contribution >= 0.6 is 0 Å². The van der Waals surface area contributed by atoms with Crippen LogP contribution < -0.4 is 10.6 Å². The van der Waals surface area contributed by atoms with Gasteiger partial charge in [0.2, 0.25) is 5.91 Å². The fourth-order valence-corrected chi connectivity index (χ4v) is 2.37. The van der Waals surface area contributed by atoms with Gasteiger partial charge in [-0.2, -0.15) is 0 Å². The Balaban J connectivity index is 1.95. The largest absolute Gasteiger partial charge is 0.451 e. The van der Waals surface area contributed by atoms with Crippen LogP contribution in [0.3, 0.4) is 0 Å². The Labute approximate surface area is 158 Å². The average Bonchev–Trinajstić information content (AvgIpc) is 2.66. The van der Waals surface area contributed by atoms with E-state index in [1.165, 1.54) is 13.0 Å². The van der Waals surface area contributed by atoms with Gasteiger partial charge in [-0.15, -0.1) is 0 Å². The van der Waals surface area contributed by atoms with Crippen LogP contribution in [0.4, 0.5) is 0 Å². The first-order valence-electron chi connectivity index (χ1n) is 8.51. The molecule has 0 radical (unpaired) electrons. The highest BCUT2D eigenvalue weighted by Crippen LogP contribution is 2.11. The van der Waals surface area contributed by atoms with Gasteiger partial charge < -0.3 is 15.4 Å². The molecule has 0 bridgehead atoms. The summed E-state index contributed by atoms with van der Waals surface area (Å²) < 4.78 is 5.04. The lowest BCUT2D eigenvalue weighted by molar-refractivity contribution is -0.145. The number of carbonyl (C=O) groups excluding carboxylic acids is 3. The molecule has 2 rings (SSSR count). The van der Waals surface area contributed by atoms with Crippen LogP contribution in [0.15, 0.2) is 66.4 Å². The molecule has 0 aliphatic heterocycles. The summed E-state index contributed by atoms with van der Waals surface area (Å²) in [5, 5.41) is 5.19. The second kappa shape index (κ2) is 9.91. The van der Waals surface area contributed by atoms with Gasteiger partial charge in [0.05, 0.1) is 6.04 Å². The van der Waals surface area contributed by atoms with E-state index in [4.69, 9.17) is 4.74 Å². The van der Waals surface area contributed by atoms with E-state index < -0.39 is 24.4 Å². The van der Waals surface area contributed by atoms with Gasteiger partial charge in [0.1, 0.15) is 5.70 Å². The van der Waals surface area contributed by atoms with Crippen molar-refractivity contribution in [2.24, 2.45) is 0 Å². The second-order valence-corrected chi connectivity index (χ2v) is 5.93. The molecule has 27 heavy (non-hydrogen) atoms. The van der Waals surface area contributed by atoms with Crippen molar-refractivity contribution in [3.63, 3.8) is 0 Å². The SMILES string of the molecule is CC(=O)N/C(=C\c1ccccc1)C(=O)OCC(=O)N[C@@H](C)c1ccccc1. The summed E-state index contributed by atoms with van der Waals surface area (Å²) >= 11 is 0. The predicted octanol–water partition coefficient (Wildman–Crippen LogP) is 2.58. The third kappa shape index (κ3) is 6.78. The Morgan fingerprint density at radius 2 is 1.59 bits per heavy atom. The normalized spacial score (nSPS) is 12.0. The Bertz CT molecular complexity index is 817. The van der Waals surface area contributed by atoms with Gasteiger partial charge >= 0.3 is 5.97 Å². The van der Waals surface area contributed by atoms with Crippen LogP contribution in [-0.2, 0) is 19.1 Å². The zero-order valence-corrected chi connectivity index (χ0v) is 15.3. The molecule has 0 saturated heterocycles. The highest BCUT2D eigenvalue weighted by Gasteiger charge is 2.16. The van der Waals surface area contributed by atoms with E-state index in [0.717, 1.165) is 11.1 Å². The molecule has 0 heterocycles. The van der Waals surface area contributed by atoms with Crippen LogP contribution in [-0.4, -0.2) is 24.4 Å². The first-order valence-corrected chi connectivity index (χ1v) is 8.51. The van der Waals surface area contributed by atoms with E-state index in [2.05, 4.69) is 10.6 Å². The van der Waals surface area contributed by atoms with Crippen molar-refractivity contribution in [3.8, 4) is 0 Å². The molecule has 2 N–H and O–H groups in total. The van der Waals surface area contributed by atoms with Gasteiger partial charge in [-0.25, -0.2) is 4.79 Å². The van der Waals surface area contributed by atoms with Crippen molar-refractivity contribution in [2.75, 3.05) is 6.61 Å². The molecule has 1 atom stereocenters. The van der Waals surface area contributed by atoms with Crippen molar-refractivity contribution in [2.45, 2.75) is 19.9 Å². The van der Waals surface area contributed by atoms with Gasteiger partial charge in [-0.1, -0.05) is 60.7 Å². The van der Waals surface area contributed by atoms with Gasteiger partial charge in [0.15, 0.2) is 6.61 Å². The molecule has 0 spiro atoms. The summed E-state index contributed by atoms with van der Waals surface area (Å²) in [5.74, 6) is -1.62. The van der Waals surface area contributed by atoms with E-state index in [1.807, 2.05) is 43.3 Å². The molecule has 6 heteroatoms. The van der Waals surface area contributed by atoms with Crippen molar-refractivity contribution in [1.29, 1.82) is 0 Å². The van der Waals surface area contributed by atoms with Crippen molar-refractivity contribution in [3.05, 3.63) is 77.5 Å². The Morgan fingerprint density at radius 1 is 1.00 bits per heavy atom. The maximum absolute atomic E-state index is 12.3. The number of esters is 1. The number of hydrogen-bond donors (Lipinski definition) is 2. The first-order chi connectivity index (χ1) is 13.0. The summed E-state index contributed by atoms with van der Waals surface area (Å²) in [4.78, 5) is 35.6. The van der Waals surface area contributed by atoms with Crippen LogP contribution in [0.2, 0.25) is 0 Å². The summed E-state index contributed by atoms with van der Waals surface area (Å²) in [6.07, 6.45) is 1.49. The maximum atomic E-state index is 12.3. The second-order valence-electron chi connectivity index (χ2n) is 5.93. The molecule has 2 aromatic rings. The maximum Gasteiger partial charge on any atom is 0.355 e. The monoisotopic (exact) mass is 366 g/mol. The van der Waals surface area contributed by atoms with Gasteiger partial charge in [0.25, 0.3) is 5.91 Å². The number of carbonyl (C=O) groups is 3. The predicted molar refractivity (Wildman–Crippen MR) is 102 cm³/mol. The van der Waals surface area contributed by atoms with Crippen molar-refractivity contribution < 1.29 is 19.1 Å². The molecule has 0 aromatic heterocycles. The number of hydrogen-bond acceptors (Lipinski definition) is 4. The summed E-state index contributed by atoms with van der Waals surface area (Å²) in [6, 6.07) is 18.2. The van der Waals surface area contributed by atoms with Gasteiger partial charge in [-0.05, 0) is 24.1 Å². The van der Waals surface area contributed by atoms with Gasteiger partial charge in [-0.3, -0.25) is 9.59 Å². The third-order valence-electron chi connectivity index (χ3n) is 3.65. The smallest absolute Gasteiger partial charge is 0.355 e. The molecule has 2 aromatic carbocycles. The van der Waals surface area contributed by atoms with Crippen LogP contribution in [0.1, 0.15) is 31.0 Å². The Hall–Kier alpha value is -3.41. The molecular formula is C21H22N2O4. The zero-order valence-electron chi connectivity index (χ0n) is 15.3. The number of nitrogens with one attached hydrogen (secondary N) is 2. The molecule has 0 unspecified atom stereocenters. The molecule has 140 valence electrons. The van der Waals surface area contributed by atoms with E-state index in [0.29, 0.717) is 0 Å². The van der Waals surface area contributed by atoms with E-state index >= 15 is 0 Å². The van der Waals surface area contributed by atoms with E-state index in [-0.39, 0.29) is 11.7 Å². The lowest BCUT2D eigenvalue weighted by Crippen LogP contribution is -2.33. The minimum Gasteiger partial charge on any atom is -0.451 e. The summed E-state index contributed by atoms with van der Waals surface area (Å²) in [5.41, 5.74) is 1.64. The fourth-order valence-electron chi connectivity index (χ4n) is 2.37. The standard InChI is InChI=1S/C21H22N2O4/c1-15(18-11-7-4-8-12-18)22-20(25)14-27-21(26)19(23-16(2)24)13-17-9-5-3-6-10-17/h3-13,15H,14H2,1-2H3,(H,22,25)(H,23,24)/b19-13-/t15-/m0/s1. The number of rotatable bonds is 7. The quantitative estimate of drug-likeness (QED) is 0.583. The third-order valence-corrected chi connectivity index (χ3v) is 3.65. The van der Waals surface area contributed by atoms with E-state index in [1.54, 1.807) is 24.3 Å².